The highest BCUT2D eigenvalue weighted by Crippen LogP contribution is 2.24. The Labute approximate surface area is 135 Å². The molecule has 0 aliphatic carbocycles. The van der Waals surface area contributed by atoms with Crippen molar-refractivity contribution in [2.75, 3.05) is 6.61 Å². The predicted molar refractivity (Wildman–Crippen MR) is 87.9 cm³/mol. The lowest BCUT2D eigenvalue weighted by Crippen LogP contribution is -2.38. The van der Waals surface area contributed by atoms with Crippen molar-refractivity contribution in [3.05, 3.63) is 15.9 Å². The maximum Gasteiger partial charge on any atom is 0.0766 e. The van der Waals surface area contributed by atoms with Crippen LogP contribution in [0.15, 0.2) is 4.47 Å². The van der Waals surface area contributed by atoms with Crippen LogP contribution in [0.4, 0.5) is 0 Å². The molecule has 120 valence electrons. The van der Waals surface area contributed by atoms with Gasteiger partial charge in [0.2, 0.25) is 0 Å². The van der Waals surface area contributed by atoms with Crippen molar-refractivity contribution in [2.24, 2.45) is 12.9 Å². The summed E-state index contributed by atoms with van der Waals surface area (Å²) in [6.07, 6.45) is 8.02. The van der Waals surface area contributed by atoms with Crippen LogP contribution in [0.5, 0.6) is 0 Å². The molecule has 1 aliphatic rings. The predicted octanol–water partition coefficient (Wildman–Crippen LogP) is 2.47. The van der Waals surface area contributed by atoms with Crippen LogP contribution in [0.3, 0.4) is 0 Å². The Hall–Kier alpha value is -0.430. The molecule has 21 heavy (non-hydrogen) atoms. The van der Waals surface area contributed by atoms with Gasteiger partial charge in [-0.15, -0.1) is 0 Å². The van der Waals surface area contributed by atoms with Gasteiger partial charge in [-0.2, -0.15) is 5.10 Å². The number of nitrogens with one attached hydrogen (secondary N) is 1. The number of halogens is 1. The van der Waals surface area contributed by atoms with Crippen molar-refractivity contribution < 1.29 is 4.74 Å². The minimum Gasteiger partial charge on any atom is -0.378 e. The van der Waals surface area contributed by atoms with Crippen molar-refractivity contribution in [3.63, 3.8) is 0 Å². The maximum atomic E-state index is 5.80. The zero-order chi connectivity index (χ0) is 15.2. The van der Waals surface area contributed by atoms with E-state index in [2.05, 4.69) is 33.4 Å². The third-order valence-corrected chi connectivity index (χ3v) is 5.20. The van der Waals surface area contributed by atoms with Crippen LogP contribution < -0.4 is 11.3 Å². The smallest absolute Gasteiger partial charge is 0.0766 e. The Morgan fingerprint density at radius 1 is 1.52 bits per heavy atom. The molecular formula is C15H27BrN4O. The molecule has 0 aromatic carbocycles. The van der Waals surface area contributed by atoms with Crippen molar-refractivity contribution in [1.29, 1.82) is 0 Å². The number of aryl methyl sites for hydroxylation is 2. The molecule has 3 N–H and O–H groups in total. The SMILES string of the molecule is CCc1nn(C)c(CC(CCC2CCCCO2)NN)c1Br. The first-order valence-corrected chi connectivity index (χ1v) is 8.73. The van der Waals surface area contributed by atoms with E-state index in [1.165, 1.54) is 25.0 Å². The average molecular weight is 359 g/mol. The molecule has 1 aromatic heterocycles. The van der Waals surface area contributed by atoms with E-state index in [9.17, 15) is 0 Å². The lowest BCUT2D eigenvalue weighted by atomic mass is 9.99. The van der Waals surface area contributed by atoms with Gasteiger partial charge in [-0.3, -0.25) is 16.0 Å². The van der Waals surface area contributed by atoms with Crippen molar-refractivity contribution in [1.82, 2.24) is 15.2 Å². The molecule has 0 spiro atoms. The first-order valence-electron chi connectivity index (χ1n) is 7.93. The lowest BCUT2D eigenvalue weighted by Gasteiger charge is -2.24. The van der Waals surface area contributed by atoms with Crippen LogP contribution in [0, 0.1) is 0 Å². The highest BCUT2D eigenvalue weighted by atomic mass is 79.9. The van der Waals surface area contributed by atoms with Gasteiger partial charge in [0, 0.05) is 26.1 Å². The number of hydrogen-bond donors (Lipinski definition) is 2. The molecule has 0 bridgehead atoms. The van der Waals surface area contributed by atoms with E-state index in [1.807, 2.05) is 11.7 Å². The van der Waals surface area contributed by atoms with Gasteiger partial charge < -0.3 is 4.74 Å². The Kier molecular flexibility index (Phi) is 6.67. The second-order valence-corrected chi connectivity index (χ2v) is 6.61. The number of nitrogens with two attached hydrogens (primary N) is 1. The summed E-state index contributed by atoms with van der Waals surface area (Å²) >= 11 is 3.67. The highest BCUT2D eigenvalue weighted by molar-refractivity contribution is 9.10. The van der Waals surface area contributed by atoms with Gasteiger partial charge in [-0.05, 0) is 54.5 Å². The van der Waals surface area contributed by atoms with E-state index in [1.54, 1.807) is 0 Å². The Balaban J connectivity index is 1.91. The summed E-state index contributed by atoms with van der Waals surface area (Å²) in [5.41, 5.74) is 5.27. The Morgan fingerprint density at radius 2 is 2.33 bits per heavy atom. The number of hydrazine groups is 1. The summed E-state index contributed by atoms with van der Waals surface area (Å²) in [6.45, 7) is 3.04. The topological polar surface area (TPSA) is 65.1 Å². The van der Waals surface area contributed by atoms with Gasteiger partial charge in [0.15, 0.2) is 0 Å². The first-order chi connectivity index (χ1) is 10.2. The second-order valence-electron chi connectivity index (χ2n) is 5.82. The van der Waals surface area contributed by atoms with Crippen LogP contribution in [-0.4, -0.2) is 28.5 Å². The molecule has 2 heterocycles. The molecule has 5 nitrogen and oxygen atoms in total. The molecule has 0 saturated carbocycles. The van der Waals surface area contributed by atoms with Gasteiger partial charge in [0.25, 0.3) is 0 Å². The lowest BCUT2D eigenvalue weighted by molar-refractivity contribution is 0.00856. The molecule has 2 atom stereocenters. The van der Waals surface area contributed by atoms with E-state index in [0.29, 0.717) is 6.10 Å². The quantitative estimate of drug-likeness (QED) is 0.580. The van der Waals surface area contributed by atoms with Crippen molar-refractivity contribution in [3.8, 4) is 0 Å². The first kappa shape index (κ1) is 16.9. The van der Waals surface area contributed by atoms with Gasteiger partial charge >= 0.3 is 0 Å². The molecule has 1 aromatic rings. The van der Waals surface area contributed by atoms with E-state index in [4.69, 9.17) is 10.6 Å². The van der Waals surface area contributed by atoms with E-state index in [0.717, 1.165) is 42.5 Å². The second kappa shape index (κ2) is 8.27. The van der Waals surface area contributed by atoms with E-state index >= 15 is 0 Å². The van der Waals surface area contributed by atoms with Gasteiger partial charge in [0.05, 0.1) is 22.0 Å². The standard InChI is InChI=1S/C15H27BrN4O/c1-3-13-15(16)14(20(2)19-13)10-11(18-17)7-8-12-6-4-5-9-21-12/h11-12,18H,3-10,17H2,1-2H3. The minimum absolute atomic E-state index is 0.256. The van der Waals surface area contributed by atoms with Crippen LogP contribution in [0.2, 0.25) is 0 Å². The Bertz CT molecular complexity index is 443. The fourth-order valence-electron chi connectivity index (χ4n) is 2.94. The fourth-order valence-corrected chi connectivity index (χ4v) is 3.72. The van der Waals surface area contributed by atoms with Gasteiger partial charge in [-0.25, -0.2) is 0 Å². The summed E-state index contributed by atoms with van der Waals surface area (Å²) in [6, 6.07) is 0.256. The molecule has 6 heteroatoms. The largest absolute Gasteiger partial charge is 0.378 e. The number of aromatic nitrogens is 2. The Morgan fingerprint density at radius 3 is 2.90 bits per heavy atom. The van der Waals surface area contributed by atoms with Crippen LogP contribution in [0.1, 0.15) is 50.4 Å². The van der Waals surface area contributed by atoms with Crippen LogP contribution in [0.25, 0.3) is 0 Å². The maximum absolute atomic E-state index is 5.80. The average Bonchev–Trinajstić information content (AvgIpc) is 2.79. The van der Waals surface area contributed by atoms with E-state index < -0.39 is 0 Å². The monoisotopic (exact) mass is 358 g/mol. The van der Waals surface area contributed by atoms with E-state index in [-0.39, 0.29) is 6.04 Å². The molecular weight excluding hydrogens is 332 g/mol. The third kappa shape index (κ3) is 4.52. The molecule has 0 amide bonds. The number of ether oxygens (including phenoxy) is 1. The zero-order valence-corrected chi connectivity index (χ0v) is 14.7. The molecule has 2 rings (SSSR count). The van der Waals surface area contributed by atoms with Crippen LogP contribution in [-0.2, 0) is 24.6 Å². The van der Waals surface area contributed by atoms with Crippen molar-refractivity contribution >= 4 is 15.9 Å². The van der Waals surface area contributed by atoms with Gasteiger partial charge in [-0.1, -0.05) is 6.92 Å². The summed E-state index contributed by atoms with van der Waals surface area (Å²) < 4.78 is 8.89. The summed E-state index contributed by atoms with van der Waals surface area (Å²) in [5, 5.41) is 4.54. The highest BCUT2D eigenvalue weighted by Gasteiger charge is 2.20. The summed E-state index contributed by atoms with van der Waals surface area (Å²) in [5.74, 6) is 5.74. The number of hydrogen-bond acceptors (Lipinski definition) is 4. The molecule has 0 radical (unpaired) electrons. The van der Waals surface area contributed by atoms with Crippen molar-refractivity contribution in [2.45, 2.75) is 64.0 Å². The third-order valence-electron chi connectivity index (χ3n) is 4.29. The molecule has 1 saturated heterocycles. The number of nitrogens with zero attached hydrogens (tertiary/aromatic N) is 2. The van der Waals surface area contributed by atoms with Crippen LogP contribution >= 0.6 is 15.9 Å². The summed E-state index contributed by atoms with van der Waals surface area (Å²) in [7, 11) is 2.00. The summed E-state index contributed by atoms with van der Waals surface area (Å²) in [4.78, 5) is 0. The molecule has 1 aliphatic heterocycles. The molecule has 1 fully saturated rings. The minimum atomic E-state index is 0.256. The molecule has 2 unspecified atom stereocenters. The zero-order valence-electron chi connectivity index (χ0n) is 13.1. The number of rotatable bonds is 7. The normalized spacial score (nSPS) is 20.7. The van der Waals surface area contributed by atoms with Gasteiger partial charge in [0.1, 0.15) is 0 Å². The fraction of sp³-hybridized carbons (Fsp3) is 0.800.